The Morgan fingerprint density at radius 3 is 2.47 bits per heavy atom. The second-order valence-electron chi connectivity index (χ2n) is 4.84. The minimum Gasteiger partial charge on any atom is -0.397 e. The molecule has 5 heteroatoms. The summed E-state index contributed by atoms with van der Waals surface area (Å²) in [7, 11) is 0. The Morgan fingerprint density at radius 2 is 1.88 bits per heavy atom. The van der Waals surface area contributed by atoms with E-state index in [1.807, 2.05) is 0 Å². The second kappa shape index (κ2) is 5.80. The van der Waals surface area contributed by atoms with Crippen LogP contribution in [-0.4, -0.2) is 18.3 Å². The van der Waals surface area contributed by atoms with Crippen LogP contribution in [0.25, 0.3) is 0 Å². The van der Waals surface area contributed by atoms with Crippen molar-refractivity contribution in [2.45, 2.75) is 20.3 Å². The molecule has 0 aliphatic carbocycles. The fourth-order valence-electron chi connectivity index (χ4n) is 1.44. The Balaban J connectivity index is 2.73. The predicted molar refractivity (Wildman–Crippen MR) is 74.8 cm³/mol. The summed E-state index contributed by atoms with van der Waals surface area (Å²) in [6.07, 6.45) is 0.723. The van der Waals surface area contributed by atoms with Gasteiger partial charge in [-0.05, 0) is 24.0 Å². The first-order chi connectivity index (χ1) is 7.85. The van der Waals surface area contributed by atoms with Gasteiger partial charge in [-0.25, -0.2) is 0 Å². The fourth-order valence-corrected chi connectivity index (χ4v) is 1.78. The van der Waals surface area contributed by atoms with E-state index in [4.69, 9.17) is 34.0 Å². The van der Waals surface area contributed by atoms with Crippen LogP contribution in [0.2, 0.25) is 10.0 Å². The molecule has 0 bridgehead atoms. The summed E-state index contributed by atoms with van der Waals surface area (Å²) < 4.78 is 0. The SMILES string of the molecule is CC(C)(CCO)CNc1cc(Cl)c(Cl)cc1N. The number of nitrogens with two attached hydrogens (primary N) is 1. The molecule has 0 spiro atoms. The van der Waals surface area contributed by atoms with Gasteiger partial charge in [-0.1, -0.05) is 37.0 Å². The Hall–Kier alpha value is -0.640. The van der Waals surface area contributed by atoms with Crippen molar-refractivity contribution in [3.8, 4) is 0 Å². The highest BCUT2D eigenvalue weighted by Gasteiger charge is 2.17. The quantitative estimate of drug-likeness (QED) is 0.723. The van der Waals surface area contributed by atoms with Gasteiger partial charge in [0.1, 0.15) is 0 Å². The number of nitrogen functional groups attached to an aromatic ring is 1. The first kappa shape index (κ1) is 14.4. The van der Waals surface area contributed by atoms with Gasteiger partial charge in [0.25, 0.3) is 0 Å². The third kappa shape index (κ3) is 4.26. The molecule has 17 heavy (non-hydrogen) atoms. The zero-order valence-electron chi connectivity index (χ0n) is 10.1. The largest absolute Gasteiger partial charge is 0.397 e. The number of aliphatic hydroxyl groups is 1. The normalized spacial score (nSPS) is 11.6. The van der Waals surface area contributed by atoms with Crippen LogP contribution in [0.1, 0.15) is 20.3 Å². The third-order valence-corrected chi connectivity index (χ3v) is 3.36. The average Bonchev–Trinajstić information content (AvgIpc) is 2.21. The maximum Gasteiger partial charge on any atom is 0.0614 e. The number of anilines is 2. The number of nitrogens with one attached hydrogen (secondary N) is 1. The summed E-state index contributed by atoms with van der Waals surface area (Å²) in [6.45, 7) is 5.02. The van der Waals surface area contributed by atoms with Crippen LogP contribution in [0.15, 0.2) is 12.1 Å². The van der Waals surface area contributed by atoms with Gasteiger partial charge in [0.05, 0.1) is 21.4 Å². The number of hydrogen-bond acceptors (Lipinski definition) is 3. The van der Waals surface area contributed by atoms with Gasteiger partial charge >= 0.3 is 0 Å². The van der Waals surface area contributed by atoms with E-state index in [9.17, 15) is 0 Å². The molecule has 0 aliphatic heterocycles. The van der Waals surface area contributed by atoms with Gasteiger partial charge < -0.3 is 16.2 Å². The number of benzene rings is 1. The fraction of sp³-hybridized carbons (Fsp3) is 0.500. The Bertz CT molecular complexity index is 394. The van der Waals surface area contributed by atoms with Crippen molar-refractivity contribution in [1.82, 2.24) is 0 Å². The summed E-state index contributed by atoms with van der Waals surface area (Å²) in [5, 5.41) is 13.1. The van der Waals surface area contributed by atoms with Crippen molar-refractivity contribution in [3.63, 3.8) is 0 Å². The smallest absolute Gasteiger partial charge is 0.0614 e. The van der Waals surface area contributed by atoms with Crippen LogP contribution in [0, 0.1) is 5.41 Å². The van der Waals surface area contributed by atoms with E-state index >= 15 is 0 Å². The lowest BCUT2D eigenvalue weighted by molar-refractivity contribution is 0.220. The van der Waals surface area contributed by atoms with Gasteiger partial charge in [-0.3, -0.25) is 0 Å². The summed E-state index contributed by atoms with van der Waals surface area (Å²) in [4.78, 5) is 0. The molecule has 0 unspecified atom stereocenters. The molecule has 1 rings (SSSR count). The number of halogens is 2. The van der Waals surface area contributed by atoms with E-state index in [2.05, 4.69) is 19.2 Å². The highest BCUT2D eigenvalue weighted by atomic mass is 35.5. The summed E-state index contributed by atoms with van der Waals surface area (Å²) in [5.74, 6) is 0. The Labute approximate surface area is 112 Å². The standard InChI is InChI=1S/C12H18Cl2N2O/c1-12(2,3-4-17)7-16-11-6-9(14)8(13)5-10(11)15/h5-6,16-17H,3-4,7,15H2,1-2H3. The highest BCUT2D eigenvalue weighted by Crippen LogP contribution is 2.31. The molecule has 0 saturated heterocycles. The first-order valence-corrected chi connectivity index (χ1v) is 6.20. The number of rotatable bonds is 5. The van der Waals surface area contributed by atoms with Gasteiger partial charge in [0.15, 0.2) is 0 Å². The lowest BCUT2D eigenvalue weighted by atomic mass is 9.89. The molecule has 96 valence electrons. The van der Waals surface area contributed by atoms with Crippen molar-refractivity contribution < 1.29 is 5.11 Å². The monoisotopic (exact) mass is 276 g/mol. The lowest BCUT2D eigenvalue weighted by Crippen LogP contribution is -2.24. The van der Waals surface area contributed by atoms with E-state index in [-0.39, 0.29) is 12.0 Å². The maximum atomic E-state index is 8.94. The Morgan fingerprint density at radius 1 is 1.29 bits per heavy atom. The van der Waals surface area contributed by atoms with Gasteiger partial charge in [0.2, 0.25) is 0 Å². The minimum absolute atomic E-state index is 0.00664. The summed E-state index contributed by atoms with van der Waals surface area (Å²) >= 11 is 11.8. The molecule has 0 atom stereocenters. The molecule has 0 fully saturated rings. The summed E-state index contributed by atoms with van der Waals surface area (Å²) in [6, 6.07) is 3.35. The zero-order valence-corrected chi connectivity index (χ0v) is 11.6. The average molecular weight is 277 g/mol. The van der Waals surface area contributed by atoms with Gasteiger partial charge in [0, 0.05) is 13.2 Å². The molecular weight excluding hydrogens is 259 g/mol. The van der Waals surface area contributed by atoms with E-state index in [1.165, 1.54) is 0 Å². The molecule has 4 N–H and O–H groups in total. The van der Waals surface area contributed by atoms with Crippen LogP contribution in [0.4, 0.5) is 11.4 Å². The van der Waals surface area contributed by atoms with Crippen LogP contribution < -0.4 is 11.1 Å². The van der Waals surface area contributed by atoms with E-state index < -0.39 is 0 Å². The third-order valence-electron chi connectivity index (χ3n) is 2.64. The predicted octanol–water partition coefficient (Wildman–Crippen LogP) is 3.40. The molecular formula is C12H18Cl2N2O. The topological polar surface area (TPSA) is 58.3 Å². The van der Waals surface area contributed by atoms with Crippen molar-refractivity contribution in [2.75, 3.05) is 24.2 Å². The molecule has 1 aromatic rings. The van der Waals surface area contributed by atoms with Gasteiger partial charge in [-0.15, -0.1) is 0 Å². The van der Waals surface area contributed by atoms with Crippen LogP contribution >= 0.6 is 23.2 Å². The molecule has 0 saturated carbocycles. The van der Waals surface area contributed by atoms with E-state index in [0.717, 1.165) is 12.1 Å². The molecule has 0 aromatic heterocycles. The zero-order chi connectivity index (χ0) is 13.1. The minimum atomic E-state index is -0.00664. The van der Waals surface area contributed by atoms with Crippen LogP contribution in [0.5, 0.6) is 0 Å². The van der Waals surface area contributed by atoms with Crippen molar-refractivity contribution in [1.29, 1.82) is 0 Å². The lowest BCUT2D eigenvalue weighted by Gasteiger charge is -2.25. The van der Waals surface area contributed by atoms with Crippen molar-refractivity contribution in [3.05, 3.63) is 22.2 Å². The Kier molecular flexibility index (Phi) is 4.92. The molecule has 0 heterocycles. The molecule has 0 radical (unpaired) electrons. The maximum absolute atomic E-state index is 8.94. The second-order valence-corrected chi connectivity index (χ2v) is 5.66. The number of aliphatic hydroxyl groups excluding tert-OH is 1. The van der Waals surface area contributed by atoms with Crippen molar-refractivity contribution in [2.24, 2.45) is 5.41 Å². The van der Waals surface area contributed by atoms with Gasteiger partial charge in [-0.2, -0.15) is 0 Å². The molecule has 3 nitrogen and oxygen atoms in total. The van der Waals surface area contributed by atoms with Crippen molar-refractivity contribution >= 4 is 34.6 Å². The molecule has 0 amide bonds. The van der Waals surface area contributed by atoms with Crippen LogP contribution in [0.3, 0.4) is 0 Å². The first-order valence-electron chi connectivity index (χ1n) is 5.45. The molecule has 1 aromatic carbocycles. The highest BCUT2D eigenvalue weighted by molar-refractivity contribution is 6.42. The molecule has 0 aliphatic rings. The number of hydrogen-bond donors (Lipinski definition) is 3. The van der Waals surface area contributed by atoms with E-state index in [1.54, 1.807) is 12.1 Å². The van der Waals surface area contributed by atoms with Crippen LogP contribution in [-0.2, 0) is 0 Å². The van der Waals surface area contributed by atoms with E-state index in [0.29, 0.717) is 22.3 Å². The summed E-state index contributed by atoms with van der Waals surface area (Å²) in [5.41, 5.74) is 7.17.